The quantitative estimate of drug-likeness (QED) is 0.889. The van der Waals surface area contributed by atoms with Gasteiger partial charge in [-0.2, -0.15) is 5.10 Å². The van der Waals surface area contributed by atoms with Gasteiger partial charge in [-0.1, -0.05) is 37.3 Å². The smallest absolute Gasteiger partial charge is 0.282 e. The van der Waals surface area contributed by atoms with Gasteiger partial charge in [-0.25, -0.2) is 8.78 Å². The highest BCUT2D eigenvalue weighted by Gasteiger charge is 2.17. The van der Waals surface area contributed by atoms with Crippen molar-refractivity contribution in [1.29, 1.82) is 0 Å². The third-order valence-electron chi connectivity index (χ3n) is 3.46. The predicted molar refractivity (Wildman–Crippen MR) is 79.5 cm³/mol. The molecule has 0 saturated heterocycles. The second-order valence-electron chi connectivity index (χ2n) is 5.11. The van der Waals surface area contributed by atoms with E-state index in [-0.39, 0.29) is 24.2 Å². The summed E-state index contributed by atoms with van der Waals surface area (Å²) in [5.41, 5.74) is 1.25. The number of rotatable bonds is 6. The van der Waals surface area contributed by atoms with E-state index in [2.05, 4.69) is 10.4 Å². The van der Waals surface area contributed by atoms with Crippen molar-refractivity contribution in [3.8, 4) is 0 Å². The Kier molecular flexibility index (Phi) is 5.25. The number of halogens is 2. The summed E-state index contributed by atoms with van der Waals surface area (Å²) in [6.07, 6.45) is -1.88. The zero-order valence-corrected chi connectivity index (χ0v) is 12.6. The number of aromatic nitrogens is 2. The van der Waals surface area contributed by atoms with E-state index in [4.69, 9.17) is 0 Å². The number of nitrogens with one attached hydrogen (secondary N) is 1. The molecule has 118 valence electrons. The van der Waals surface area contributed by atoms with Gasteiger partial charge in [0.2, 0.25) is 5.91 Å². The van der Waals surface area contributed by atoms with Crippen molar-refractivity contribution in [1.82, 2.24) is 15.1 Å². The van der Waals surface area contributed by atoms with Crippen LogP contribution in [0, 0.1) is 6.92 Å². The van der Waals surface area contributed by atoms with Crippen molar-refractivity contribution >= 4 is 5.91 Å². The fraction of sp³-hybridized carbons (Fsp3) is 0.375. The zero-order chi connectivity index (χ0) is 16.1. The van der Waals surface area contributed by atoms with Crippen molar-refractivity contribution in [2.45, 2.75) is 39.3 Å². The van der Waals surface area contributed by atoms with Crippen molar-refractivity contribution in [3.63, 3.8) is 0 Å². The fourth-order valence-corrected chi connectivity index (χ4v) is 2.28. The van der Waals surface area contributed by atoms with Crippen LogP contribution < -0.4 is 5.32 Å². The summed E-state index contributed by atoms with van der Waals surface area (Å²) in [7, 11) is 0. The van der Waals surface area contributed by atoms with Crippen molar-refractivity contribution in [2.75, 3.05) is 0 Å². The van der Waals surface area contributed by atoms with Crippen LogP contribution in [-0.2, 0) is 11.3 Å². The van der Waals surface area contributed by atoms with Gasteiger partial charge in [-0.05, 0) is 25.0 Å². The topological polar surface area (TPSA) is 46.9 Å². The number of alkyl halides is 2. The molecule has 4 nitrogen and oxygen atoms in total. The van der Waals surface area contributed by atoms with E-state index >= 15 is 0 Å². The molecule has 0 saturated carbocycles. The number of hydrogen-bond acceptors (Lipinski definition) is 2. The van der Waals surface area contributed by atoms with E-state index in [1.165, 1.54) is 10.7 Å². The summed E-state index contributed by atoms with van der Waals surface area (Å²) in [5.74, 6) is -0.247. The SMILES string of the molecule is CCC(NC(=O)Cn1nc(C(F)F)cc1C)c1ccccc1. The maximum Gasteiger partial charge on any atom is 0.282 e. The Morgan fingerprint density at radius 3 is 2.55 bits per heavy atom. The van der Waals surface area contributed by atoms with Crippen LogP contribution in [-0.4, -0.2) is 15.7 Å². The van der Waals surface area contributed by atoms with E-state index in [1.807, 2.05) is 37.3 Å². The molecular formula is C16H19F2N3O. The molecule has 0 aliphatic carbocycles. The normalized spacial score (nSPS) is 12.4. The molecule has 1 amide bonds. The molecule has 1 aromatic heterocycles. The highest BCUT2D eigenvalue weighted by atomic mass is 19.3. The van der Waals surface area contributed by atoms with Crippen LogP contribution in [0.4, 0.5) is 8.78 Å². The maximum absolute atomic E-state index is 12.6. The summed E-state index contributed by atoms with van der Waals surface area (Å²) >= 11 is 0. The summed E-state index contributed by atoms with van der Waals surface area (Å²) in [5, 5.41) is 6.67. The second-order valence-corrected chi connectivity index (χ2v) is 5.11. The Hall–Kier alpha value is -2.24. The van der Waals surface area contributed by atoms with Crippen molar-refractivity contribution < 1.29 is 13.6 Å². The number of amides is 1. The Morgan fingerprint density at radius 1 is 1.32 bits per heavy atom. The van der Waals surface area contributed by atoms with E-state index in [1.54, 1.807) is 6.92 Å². The van der Waals surface area contributed by atoms with E-state index in [9.17, 15) is 13.6 Å². The molecule has 0 bridgehead atoms. The monoisotopic (exact) mass is 307 g/mol. The Morgan fingerprint density at radius 2 is 2.00 bits per heavy atom. The highest BCUT2D eigenvalue weighted by Crippen LogP contribution is 2.18. The minimum absolute atomic E-state index is 0.0676. The van der Waals surface area contributed by atoms with Gasteiger partial charge in [-0.15, -0.1) is 0 Å². The van der Waals surface area contributed by atoms with Gasteiger partial charge in [0.1, 0.15) is 12.2 Å². The van der Waals surface area contributed by atoms with Crippen LogP contribution in [0.5, 0.6) is 0 Å². The lowest BCUT2D eigenvalue weighted by molar-refractivity contribution is -0.122. The third kappa shape index (κ3) is 3.90. The molecule has 1 heterocycles. The van der Waals surface area contributed by atoms with Gasteiger partial charge in [-0.3, -0.25) is 9.48 Å². The lowest BCUT2D eigenvalue weighted by Gasteiger charge is -2.17. The van der Waals surface area contributed by atoms with Crippen molar-refractivity contribution in [2.24, 2.45) is 0 Å². The first kappa shape index (κ1) is 16.1. The highest BCUT2D eigenvalue weighted by molar-refractivity contribution is 5.76. The largest absolute Gasteiger partial charge is 0.348 e. The summed E-state index contributed by atoms with van der Waals surface area (Å²) < 4.78 is 26.5. The standard InChI is InChI=1S/C16H19F2N3O/c1-3-13(12-7-5-4-6-8-12)19-15(22)10-21-11(2)9-14(20-21)16(17)18/h4-9,13,16H,3,10H2,1-2H3,(H,19,22). The predicted octanol–water partition coefficient (Wildman–Crippen LogP) is 3.40. The average Bonchev–Trinajstić information content (AvgIpc) is 2.87. The van der Waals surface area contributed by atoms with Gasteiger partial charge in [0, 0.05) is 5.69 Å². The summed E-state index contributed by atoms with van der Waals surface area (Å²) in [6, 6.07) is 10.8. The minimum Gasteiger partial charge on any atom is -0.348 e. The Balaban J connectivity index is 2.03. The first-order valence-electron chi connectivity index (χ1n) is 7.18. The molecule has 0 aliphatic heterocycles. The molecule has 0 aliphatic rings. The van der Waals surface area contributed by atoms with Crippen LogP contribution in [0.25, 0.3) is 0 Å². The molecule has 1 aromatic carbocycles. The lowest BCUT2D eigenvalue weighted by Crippen LogP contribution is -2.31. The Bertz CT molecular complexity index is 626. The molecule has 1 unspecified atom stereocenters. The number of nitrogens with zero attached hydrogens (tertiary/aromatic N) is 2. The third-order valence-corrected chi connectivity index (χ3v) is 3.46. The van der Waals surface area contributed by atoms with Gasteiger partial charge in [0.25, 0.3) is 6.43 Å². The summed E-state index contributed by atoms with van der Waals surface area (Å²) in [6.45, 7) is 3.56. The maximum atomic E-state index is 12.6. The molecule has 1 atom stereocenters. The molecule has 6 heteroatoms. The van der Waals surface area contributed by atoms with Gasteiger partial charge < -0.3 is 5.32 Å². The van der Waals surface area contributed by atoms with E-state index in [0.717, 1.165) is 12.0 Å². The Labute approximate surface area is 128 Å². The zero-order valence-electron chi connectivity index (χ0n) is 12.6. The molecule has 2 aromatic rings. The van der Waals surface area contributed by atoms with Crippen LogP contribution in [0.1, 0.15) is 42.8 Å². The fourth-order valence-electron chi connectivity index (χ4n) is 2.28. The number of aryl methyl sites for hydroxylation is 1. The molecule has 2 rings (SSSR count). The number of benzene rings is 1. The second kappa shape index (κ2) is 7.15. The summed E-state index contributed by atoms with van der Waals surface area (Å²) in [4.78, 5) is 12.1. The minimum atomic E-state index is -2.63. The molecule has 0 radical (unpaired) electrons. The lowest BCUT2D eigenvalue weighted by atomic mass is 10.0. The average molecular weight is 307 g/mol. The van der Waals surface area contributed by atoms with E-state index in [0.29, 0.717) is 5.69 Å². The number of hydrogen-bond donors (Lipinski definition) is 1. The van der Waals surface area contributed by atoms with Crippen molar-refractivity contribution in [3.05, 3.63) is 53.3 Å². The van der Waals surface area contributed by atoms with Gasteiger partial charge in [0.15, 0.2) is 0 Å². The van der Waals surface area contributed by atoms with E-state index < -0.39 is 6.43 Å². The molecule has 0 spiro atoms. The van der Waals surface area contributed by atoms with Crippen LogP contribution in [0.15, 0.2) is 36.4 Å². The molecule has 1 N–H and O–H groups in total. The van der Waals surface area contributed by atoms with Crippen LogP contribution >= 0.6 is 0 Å². The van der Waals surface area contributed by atoms with Crippen LogP contribution in [0.3, 0.4) is 0 Å². The first-order chi connectivity index (χ1) is 10.5. The molecule has 22 heavy (non-hydrogen) atoms. The number of carbonyl (C=O) groups is 1. The number of carbonyl (C=O) groups excluding carboxylic acids is 1. The van der Waals surface area contributed by atoms with Gasteiger partial charge >= 0.3 is 0 Å². The molecule has 0 fully saturated rings. The molecular weight excluding hydrogens is 288 g/mol. The first-order valence-corrected chi connectivity index (χ1v) is 7.18. The van der Waals surface area contributed by atoms with Gasteiger partial charge in [0.05, 0.1) is 6.04 Å². The van der Waals surface area contributed by atoms with Crippen LogP contribution in [0.2, 0.25) is 0 Å².